The molecular formula is C12H13N3. The summed E-state index contributed by atoms with van der Waals surface area (Å²) in [4.78, 5) is 4.51. The average molecular weight is 199 g/mol. The summed E-state index contributed by atoms with van der Waals surface area (Å²) in [6.07, 6.45) is 1.34. The van der Waals surface area contributed by atoms with E-state index in [0.717, 1.165) is 23.3 Å². The van der Waals surface area contributed by atoms with Crippen LogP contribution in [0.4, 0.5) is 0 Å². The monoisotopic (exact) mass is 199 g/mol. The van der Waals surface area contributed by atoms with Gasteiger partial charge in [-0.05, 0) is 18.1 Å². The Morgan fingerprint density at radius 1 is 1.47 bits per heavy atom. The molecule has 0 spiro atoms. The molecule has 0 aliphatic carbocycles. The standard InChI is InChI=1S/C12H13N3/c1-3-9-5-4-6-10-12(9)14-11(7-8-13)15(10)2/h4-6H,3,7H2,1-2H3. The summed E-state index contributed by atoms with van der Waals surface area (Å²) in [5.41, 5.74) is 3.39. The number of aryl methyl sites for hydroxylation is 2. The molecule has 0 aliphatic rings. The van der Waals surface area contributed by atoms with Gasteiger partial charge in [-0.1, -0.05) is 19.1 Å². The molecule has 2 rings (SSSR count). The van der Waals surface area contributed by atoms with Gasteiger partial charge in [0, 0.05) is 7.05 Å². The lowest BCUT2D eigenvalue weighted by Gasteiger charge is -1.99. The van der Waals surface area contributed by atoms with Crippen molar-refractivity contribution in [3.63, 3.8) is 0 Å². The lowest BCUT2D eigenvalue weighted by molar-refractivity contribution is 0.857. The number of hydrogen-bond acceptors (Lipinski definition) is 2. The normalized spacial score (nSPS) is 10.5. The van der Waals surface area contributed by atoms with E-state index in [1.165, 1.54) is 5.56 Å². The maximum atomic E-state index is 8.69. The first-order valence-corrected chi connectivity index (χ1v) is 5.08. The highest BCUT2D eigenvalue weighted by atomic mass is 15.1. The molecule has 76 valence electrons. The van der Waals surface area contributed by atoms with Crippen LogP contribution >= 0.6 is 0 Å². The van der Waals surface area contributed by atoms with Crippen LogP contribution in [0.3, 0.4) is 0 Å². The largest absolute Gasteiger partial charge is 0.330 e. The van der Waals surface area contributed by atoms with Crippen molar-refractivity contribution >= 4 is 11.0 Å². The molecule has 1 aromatic carbocycles. The van der Waals surface area contributed by atoms with Gasteiger partial charge in [-0.3, -0.25) is 0 Å². The second kappa shape index (κ2) is 3.74. The first-order valence-electron chi connectivity index (χ1n) is 5.08. The van der Waals surface area contributed by atoms with Gasteiger partial charge in [-0.2, -0.15) is 5.26 Å². The number of fused-ring (bicyclic) bond motifs is 1. The minimum atomic E-state index is 0.369. The highest BCUT2D eigenvalue weighted by molar-refractivity contribution is 5.79. The summed E-state index contributed by atoms with van der Waals surface area (Å²) in [5, 5.41) is 8.69. The van der Waals surface area contributed by atoms with Crippen LogP contribution in [0.2, 0.25) is 0 Å². The summed E-state index contributed by atoms with van der Waals surface area (Å²) in [7, 11) is 1.96. The quantitative estimate of drug-likeness (QED) is 0.744. The number of rotatable bonds is 2. The molecule has 1 aromatic heterocycles. The fourth-order valence-corrected chi connectivity index (χ4v) is 1.83. The van der Waals surface area contributed by atoms with Crippen molar-refractivity contribution in [1.29, 1.82) is 5.26 Å². The van der Waals surface area contributed by atoms with E-state index in [-0.39, 0.29) is 0 Å². The number of para-hydroxylation sites is 1. The Bertz CT molecular complexity index is 532. The predicted octanol–water partition coefficient (Wildman–Crippen LogP) is 2.20. The molecule has 0 bridgehead atoms. The molecule has 0 unspecified atom stereocenters. The Morgan fingerprint density at radius 2 is 2.27 bits per heavy atom. The van der Waals surface area contributed by atoms with Crippen molar-refractivity contribution in [3.8, 4) is 6.07 Å². The van der Waals surface area contributed by atoms with E-state index in [1.807, 2.05) is 23.7 Å². The van der Waals surface area contributed by atoms with Crippen molar-refractivity contribution in [1.82, 2.24) is 9.55 Å². The van der Waals surface area contributed by atoms with Gasteiger partial charge in [0.1, 0.15) is 5.82 Å². The van der Waals surface area contributed by atoms with Crippen molar-refractivity contribution in [2.24, 2.45) is 7.05 Å². The molecule has 2 aromatic rings. The van der Waals surface area contributed by atoms with E-state index in [1.54, 1.807) is 0 Å². The summed E-state index contributed by atoms with van der Waals surface area (Å²) in [6.45, 7) is 2.12. The zero-order valence-corrected chi connectivity index (χ0v) is 8.99. The number of benzene rings is 1. The SMILES string of the molecule is CCc1cccc2c1nc(CC#N)n2C. The molecule has 3 heteroatoms. The van der Waals surface area contributed by atoms with Gasteiger partial charge in [-0.25, -0.2) is 4.98 Å². The Kier molecular flexibility index (Phi) is 2.42. The second-order valence-corrected chi connectivity index (χ2v) is 3.56. The van der Waals surface area contributed by atoms with E-state index in [2.05, 4.69) is 24.0 Å². The molecule has 0 saturated heterocycles. The topological polar surface area (TPSA) is 41.6 Å². The third-order valence-corrected chi connectivity index (χ3v) is 2.71. The molecular weight excluding hydrogens is 186 g/mol. The van der Waals surface area contributed by atoms with Crippen LogP contribution in [-0.2, 0) is 19.9 Å². The van der Waals surface area contributed by atoms with Gasteiger partial charge >= 0.3 is 0 Å². The first kappa shape index (κ1) is 9.72. The summed E-state index contributed by atoms with van der Waals surface area (Å²) in [5.74, 6) is 0.841. The van der Waals surface area contributed by atoms with Crippen LogP contribution in [0.5, 0.6) is 0 Å². The zero-order valence-electron chi connectivity index (χ0n) is 8.99. The molecule has 0 radical (unpaired) electrons. The highest BCUT2D eigenvalue weighted by Gasteiger charge is 2.09. The Morgan fingerprint density at radius 3 is 2.93 bits per heavy atom. The van der Waals surface area contributed by atoms with Gasteiger partial charge in [0.2, 0.25) is 0 Å². The number of imidazole rings is 1. The minimum Gasteiger partial charge on any atom is -0.330 e. The fourth-order valence-electron chi connectivity index (χ4n) is 1.83. The van der Waals surface area contributed by atoms with E-state index in [9.17, 15) is 0 Å². The summed E-state index contributed by atoms with van der Waals surface area (Å²) >= 11 is 0. The molecule has 0 atom stereocenters. The summed E-state index contributed by atoms with van der Waals surface area (Å²) < 4.78 is 2.00. The molecule has 0 amide bonds. The number of nitriles is 1. The molecule has 15 heavy (non-hydrogen) atoms. The van der Waals surface area contributed by atoms with Crippen LogP contribution in [0, 0.1) is 11.3 Å². The van der Waals surface area contributed by atoms with Gasteiger partial charge in [0.15, 0.2) is 0 Å². The lowest BCUT2D eigenvalue weighted by atomic mass is 10.1. The zero-order chi connectivity index (χ0) is 10.8. The van der Waals surface area contributed by atoms with Crippen molar-refractivity contribution in [2.75, 3.05) is 0 Å². The van der Waals surface area contributed by atoms with Crippen LogP contribution < -0.4 is 0 Å². The van der Waals surface area contributed by atoms with Crippen LogP contribution in [0.15, 0.2) is 18.2 Å². The molecule has 0 saturated carbocycles. The molecule has 1 heterocycles. The van der Waals surface area contributed by atoms with Crippen molar-refractivity contribution in [3.05, 3.63) is 29.6 Å². The Labute approximate surface area is 89.0 Å². The Balaban J connectivity index is 2.70. The van der Waals surface area contributed by atoms with Crippen molar-refractivity contribution < 1.29 is 0 Å². The highest BCUT2D eigenvalue weighted by Crippen LogP contribution is 2.19. The lowest BCUT2D eigenvalue weighted by Crippen LogP contribution is -1.95. The van der Waals surface area contributed by atoms with E-state index >= 15 is 0 Å². The fraction of sp³-hybridized carbons (Fsp3) is 0.333. The van der Waals surface area contributed by atoms with E-state index in [0.29, 0.717) is 6.42 Å². The Hall–Kier alpha value is -1.82. The van der Waals surface area contributed by atoms with Gasteiger partial charge in [0.05, 0.1) is 23.5 Å². The average Bonchev–Trinajstić information content (AvgIpc) is 2.57. The maximum Gasteiger partial charge on any atom is 0.123 e. The van der Waals surface area contributed by atoms with Crippen LogP contribution in [0.1, 0.15) is 18.3 Å². The van der Waals surface area contributed by atoms with Crippen molar-refractivity contribution in [2.45, 2.75) is 19.8 Å². The molecule has 0 fully saturated rings. The minimum absolute atomic E-state index is 0.369. The molecule has 0 aliphatic heterocycles. The molecule has 0 N–H and O–H groups in total. The smallest absolute Gasteiger partial charge is 0.123 e. The summed E-state index contributed by atoms with van der Waals surface area (Å²) in [6, 6.07) is 8.31. The van der Waals surface area contributed by atoms with Gasteiger partial charge in [0.25, 0.3) is 0 Å². The number of aromatic nitrogens is 2. The van der Waals surface area contributed by atoms with Crippen LogP contribution in [-0.4, -0.2) is 9.55 Å². The number of hydrogen-bond donors (Lipinski definition) is 0. The van der Waals surface area contributed by atoms with Crippen LogP contribution in [0.25, 0.3) is 11.0 Å². The third kappa shape index (κ3) is 1.48. The first-order chi connectivity index (χ1) is 7.27. The number of nitrogens with zero attached hydrogens (tertiary/aromatic N) is 3. The van der Waals surface area contributed by atoms with E-state index in [4.69, 9.17) is 5.26 Å². The van der Waals surface area contributed by atoms with E-state index < -0.39 is 0 Å². The third-order valence-electron chi connectivity index (χ3n) is 2.71. The van der Waals surface area contributed by atoms with Gasteiger partial charge < -0.3 is 4.57 Å². The molecule has 3 nitrogen and oxygen atoms in total. The predicted molar refractivity (Wildman–Crippen MR) is 59.4 cm³/mol. The van der Waals surface area contributed by atoms with Gasteiger partial charge in [-0.15, -0.1) is 0 Å². The second-order valence-electron chi connectivity index (χ2n) is 3.56. The maximum absolute atomic E-state index is 8.69.